The number of aryl methyl sites for hydroxylation is 1. The summed E-state index contributed by atoms with van der Waals surface area (Å²) in [5, 5.41) is 0.355. The fraction of sp³-hybridized carbons (Fsp3) is 0.333. The number of carbonyl (C=O) groups is 1. The lowest BCUT2D eigenvalue weighted by atomic mass is 9.70. The lowest BCUT2D eigenvalue weighted by molar-refractivity contribution is -0.114. The van der Waals surface area contributed by atoms with Gasteiger partial charge in [-0.2, -0.15) is 0 Å². The molecule has 1 aliphatic rings. The minimum absolute atomic E-state index is 0.173. The van der Waals surface area contributed by atoms with E-state index in [9.17, 15) is 9.18 Å². The van der Waals surface area contributed by atoms with Crippen LogP contribution < -0.4 is 5.73 Å². The lowest BCUT2D eigenvalue weighted by Gasteiger charge is -2.39. The highest BCUT2D eigenvalue weighted by Gasteiger charge is 2.38. The first kappa shape index (κ1) is 19.4. The highest BCUT2D eigenvalue weighted by atomic mass is 35.5. The van der Waals surface area contributed by atoms with Crippen molar-refractivity contribution in [3.8, 4) is 11.1 Å². The normalized spacial score (nSPS) is 22.3. The van der Waals surface area contributed by atoms with E-state index >= 15 is 0 Å². The minimum Gasteiger partial charge on any atom is -0.369 e. The van der Waals surface area contributed by atoms with E-state index in [4.69, 9.17) is 22.3 Å². The fourth-order valence-electron chi connectivity index (χ4n) is 3.63. The molecule has 0 saturated heterocycles. The summed E-state index contributed by atoms with van der Waals surface area (Å²) >= 11 is 6.03. The van der Waals surface area contributed by atoms with Crippen molar-refractivity contribution >= 4 is 24.0 Å². The number of amides is 1. The maximum absolute atomic E-state index is 13.8. The van der Waals surface area contributed by atoms with Crippen LogP contribution in [-0.2, 0) is 16.8 Å². The van der Waals surface area contributed by atoms with Crippen molar-refractivity contribution in [2.75, 3.05) is 7.05 Å². The number of guanidine groups is 1. The van der Waals surface area contributed by atoms with Gasteiger partial charge >= 0.3 is 0 Å². The zero-order chi connectivity index (χ0) is 19.8. The minimum atomic E-state index is -0.581. The van der Waals surface area contributed by atoms with Gasteiger partial charge in [0.1, 0.15) is 5.82 Å². The van der Waals surface area contributed by atoms with E-state index in [1.807, 2.05) is 19.1 Å². The van der Waals surface area contributed by atoms with Crippen LogP contribution in [0.4, 0.5) is 4.39 Å². The second-order valence-electron chi connectivity index (χ2n) is 7.30. The Morgan fingerprint density at radius 2 is 2.07 bits per heavy atom. The van der Waals surface area contributed by atoms with Gasteiger partial charge in [0.05, 0.1) is 5.54 Å². The zero-order valence-corrected chi connectivity index (χ0v) is 16.4. The van der Waals surface area contributed by atoms with Gasteiger partial charge in [-0.25, -0.2) is 9.38 Å². The van der Waals surface area contributed by atoms with Crippen molar-refractivity contribution in [2.24, 2.45) is 16.6 Å². The predicted molar refractivity (Wildman–Crippen MR) is 107 cm³/mol. The largest absolute Gasteiger partial charge is 0.369 e. The van der Waals surface area contributed by atoms with Crippen LogP contribution in [0.5, 0.6) is 0 Å². The van der Waals surface area contributed by atoms with Gasteiger partial charge in [-0.3, -0.25) is 9.69 Å². The van der Waals surface area contributed by atoms with Crippen molar-refractivity contribution in [1.29, 1.82) is 0 Å². The first-order valence-corrected chi connectivity index (χ1v) is 9.25. The second kappa shape index (κ2) is 7.31. The van der Waals surface area contributed by atoms with Crippen LogP contribution >= 0.6 is 11.6 Å². The molecule has 3 rings (SSSR count). The van der Waals surface area contributed by atoms with Crippen LogP contribution in [0.15, 0.2) is 41.4 Å². The Labute approximate surface area is 163 Å². The van der Waals surface area contributed by atoms with E-state index in [1.165, 1.54) is 22.6 Å². The van der Waals surface area contributed by atoms with Gasteiger partial charge in [0.25, 0.3) is 0 Å². The Kier molecular flexibility index (Phi) is 5.24. The van der Waals surface area contributed by atoms with Crippen LogP contribution in [0.25, 0.3) is 11.1 Å². The molecule has 2 aromatic carbocycles. The highest BCUT2D eigenvalue weighted by molar-refractivity contribution is 6.30. The molecule has 6 heteroatoms. The van der Waals surface area contributed by atoms with Crippen LogP contribution in [0.2, 0.25) is 5.02 Å². The molecule has 1 amide bonds. The molecule has 27 heavy (non-hydrogen) atoms. The zero-order valence-electron chi connectivity index (χ0n) is 15.7. The summed E-state index contributed by atoms with van der Waals surface area (Å²) < 4.78 is 13.8. The van der Waals surface area contributed by atoms with Gasteiger partial charge in [-0.15, -0.1) is 0 Å². The van der Waals surface area contributed by atoms with Crippen LogP contribution in [0, 0.1) is 11.7 Å². The number of nitrogens with two attached hydrogens (primary N) is 1. The van der Waals surface area contributed by atoms with Gasteiger partial charge in [0.2, 0.25) is 6.41 Å². The topological polar surface area (TPSA) is 58.7 Å². The number of hydrogen-bond acceptors (Lipinski definition) is 2. The summed E-state index contributed by atoms with van der Waals surface area (Å²) in [7, 11) is 1.58. The molecule has 4 nitrogen and oxygen atoms in total. The average Bonchev–Trinajstić information content (AvgIpc) is 2.63. The Balaban J connectivity index is 2.14. The molecule has 2 N–H and O–H groups in total. The predicted octanol–water partition coefficient (Wildman–Crippen LogP) is 4.35. The number of fused-ring (bicyclic) bond motifs is 1. The molecule has 2 aromatic rings. The van der Waals surface area contributed by atoms with Gasteiger partial charge in [-0.1, -0.05) is 30.7 Å². The summed E-state index contributed by atoms with van der Waals surface area (Å²) in [6.45, 7) is 4.16. The summed E-state index contributed by atoms with van der Waals surface area (Å²) in [5.41, 5.74) is 9.26. The number of carbonyl (C=O) groups excluding carboxylic acids is 1. The van der Waals surface area contributed by atoms with Crippen LogP contribution in [-0.4, -0.2) is 24.3 Å². The third kappa shape index (κ3) is 3.69. The average molecular weight is 388 g/mol. The summed E-state index contributed by atoms with van der Waals surface area (Å²) in [6, 6.07) is 10.6. The first-order chi connectivity index (χ1) is 12.7. The van der Waals surface area contributed by atoms with E-state index in [2.05, 4.69) is 13.0 Å². The molecule has 0 aliphatic heterocycles. The van der Waals surface area contributed by atoms with E-state index in [0.717, 1.165) is 24.0 Å². The molecule has 1 aliphatic carbocycles. The second-order valence-corrected chi connectivity index (χ2v) is 7.74. The van der Waals surface area contributed by atoms with E-state index in [1.54, 1.807) is 13.1 Å². The monoisotopic (exact) mass is 387 g/mol. The summed E-state index contributed by atoms with van der Waals surface area (Å²) in [4.78, 5) is 17.0. The SMILES string of the molecule is CC1CCc2ccc(-c3cc(F)cc(Cl)c3)cc2C1(C)N=C(N)N(C)C=O. The third-order valence-corrected chi connectivity index (χ3v) is 5.74. The molecule has 0 saturated carbocycles. The summed E-state index contributed by atoms with van der Waals surface area (Å²) in [6.07, 6.45) is 2.55. The molecule has 0 fully saturated rings. The van der Waals surface area contributed by atoms with Crippen molar-refractivity contribution in [1.82, 2.24) is 4.90 Å². The van der Waals surface area contributed by atoms with Crippen LogP contribution in [0.1, 0.15) is 31.4 Å². The molecule has 0 bridgehead atoms. The van der Waals surface area contributed by atoms with Gasteiger partial charge in [0, 0.05) is 12.1 Å². The fourth-order valence-corrected chi connectivity index (χ4v) is 3.85. The molecular weight excluding hydrogens is 365 g/mol. The molecule has 0 heterocycles. The molecule has 0 spiro atoms. The van der Waals surface area contributed by atoms with Gasteiger partial charge < -0.3 is 5.73 Å². The number of hydrogen-bond donors (Lipinski definition) is 1. The van der Waals surface area contributed by atoms with Gasteiger partial charge in [0.15, 0.2) is 5.96 Å². The highest BCUT2D eigenvalue weighted by Crippen LogP contribution is 2.44. The Morgan fingerprint density at radius 3 is 2.74 bits per heavy atom. The van der Waals surface area contributed by atoms with E-state index < -0.39 is 5.54 Å². The van der Waals surface area contributed by atoms with Crippen molar-refractivity contribution in [2.45, 2.75) is 32.2 Å². The molecule has 2 atom stereocenters. The lowest BCUT2D eigenvalue weighted by Crippen LogP contribution is -2.40. The Bertz CT molecular complexity index is 894. The molecule has 0 radical (unpaired) electrons. The Hall–Kier alpha value is -2.40. The third-order valence-electron chi connectivity index (χ3n) is 5.52. The number of nitrogens with zero attached hydrogens (tertiary/aromatic N) is 2. The Morgan fingerprint density at radius 1 is 1.33 bits per heavy atom. The van der Waals surface area contributed by atoms with Crippen molar-refractivity contribution < 1.29 is 9.18 Å². The van der Waals surface area contributed by atoms with E-state index in [0.29, 0.717) is 17.0 Å². The molecule has 0 aromatic heterocycles. The quantitative estimate of drug-likeness (QED) is 0.483. The number of aliphatic imine (C=N–C) groups is 1. The van der Waals surface area contributed by atoms with Gasteiger partial charge in [-0.05, 0) is 72.2 Å². The standard InChI is InChI=1S/C21H23ClFN3O/c1-13-4-5-14-6-7-15(16-8-17(22)11-18(23)9-16)10-19(14)21(13,2)25-20(24)26(3)12-27/h6-13H,4-5H2,1-3H3,(H2,24,25). The molecule has 142 valence electrons. The maximum atomic E-state index is 13.8. The summed E-state index contributed by atoms with van der Waals surface area (Å²) in [5.74, 6) is 0.0302. The van der Waals surface area contributed by atoms with E-state index in [-0.39, 0.29) is 17.7 Å². The first-order valence-electron chi connectivity index (χ1n) is 8.88. The smallest absolute Gasteiger partial charge is 0.216 e. The van der Waals surface area contributed by atoms with Crippen LogP contribution in [0.3, 0.4) is 0 Å². The van der Waals surface area contributed by atoms with Crippen molar-refractivity contribution in [3.63, 3.8) is 0 Å². The number of benzene rings is 2. The number of rotatable bonds is 3. The van der Waals surface area contributed by atoms with Crippen molar-refractivity contribution in [3.05, 3.63) is 58.4 Å². The number of halogens is 2. The maximum Gasteiger partial charge on any atom is 0.216 e. The molecular formula is C21H23ClFN3O. The molecule has 2 unspecified atom stereocenters.